The maximum Gasteiger partial charge on any atom is 0.253 e. The second-order valence-electron chi connectivity index (χ2n) is 8.34. The lowest BCUT2D eigenvalue weighted by molar-refractivity contribution is 0.0730. The van der Waals surface area contributed by atoms with Crippen LogP contribution in [0.3, 0.4) is 0 Å². The number of piperazine rings is 1. The Kier molecular flexibility index (Phi) is 6.71. The van der Waals surface area contributed by atoms with Crippen LogP contribution in [-0.2, 0) is 14.8 Å². The van der Waals surface area contributed by atoms with Gasteiger partial charge in [0.1, 0.15) is 0 Å². The number of rotatable bonds is 5. The first kappa shape index (κ1) is 23.3. The molecule has 1 amide bonds. The third-order valence-electron chi connectivity index (χ3n) is 6.21. The number of anilines is 1. The van der Waals surface area contributed by atoms with E-state index in [1.165, 1.54) is 16.4 Å². The fourth-order valence-corrected chi connectivity index (χ4v) is 5.60. The van der Waals surface area contributed by atoms with E-state index in [-0.39, 0.29) is 10.8 Å². The molecular weight excluding hydrogens is 468 g/mol. The molecule has 1 aromatic carbocycles. The maximum absolute atomic E-state index is 13.0. The van der Waals surface area contributed by atoms with E-state index in [9.17, 15) is 13.2 Å². The number of carbonyl (C=O) groups is 1. The molecule has 2 fully saturated rings. The van der Waals surface area contributed by atoms with Crippen LogP contribution in [0.15, 0.2) is 65.8 Å². The van der Waals surface area contributed by atoms with Crippen molar-refractivity contribution in [1.29, 1.82) is 0 Å². The summed E-state index contributed by atoms with van der Waals surface area (Å²) >= 11 is 0. The molecule has 0 spiro atoms. The molecular formula is C24H26N6O4S. The molecule has 0 N–H and O–H groups in total. The Morgan fingerprint density at radius 1 is 0.857 bits per heavy atom. The van der Waals surface area contributed by atoms with Crippen LogP contribution in [-0.4, -0.2) is 91.2 Å². The van der Waals surface area contributed by atoms with E-state index in [0.717, 1.165) is 17.1 Å². The summed E-state index contributed by atoms with van der Waals surface area (Å²) in [6.45, 7) is 3.81. The summed E-state index contributed by atoms with van der Waals surface area (Å²) in [4.78, 5) is 21.2. The molecule has 0 radical (unpaired) electrons. The molecule has 0 unspecified atom stereocenters. The van der Waals surface area contributed by atoms with Crippen molar-refractivity contribution in [3.63, 3.8) is 0 Å². The molecule has 2 aromatic heterocycles. The van der Waals surface area contributed by atoms with Crippen LogP contribution in [0.2, 0.25) is 0 Å². The number of benzene rings is 1. The Balaban J connectivity index is 1.19. The summed E-state index contributed by atoms with van der Waals surface area (Å²) in [7, 11) is -3.58. The van der Waals surface area contributed by atoms with E-state index in [2.05, 4.69) is 20.1 Å². The largest absolute Gasteiger partial charge is 0.379 e. The van der Waals surface area contributed by atoms with Gasteiger partial charge in [-0.2, -0.15) is 4.31 Å². The van der Waals surface area contributed by atoms with Crippen molar-refractivity contribution in [2.24, 2.45) is 0 Å². The molecule has 3 aromatic rings. The van der Waals surface area contributed by atoms with Gasteiger partial charge in [-0.25, -0.2) is 8.42 Å². The zero-order valence-electron chi connectivity index (χ0n) is 19.2. The first-order valence-corrected chi connectivity index (χ1v) is 12.9. The summed E-state index contributed by atoms with van der Waals surface area (Å²) < 4.78 is 32.2. The number of pyridine rings is 1. The quantitative estimate of drug-likeness (QED) is 0.525. The van der Waals surface area contributed by atoms with Crippen LogP contribution in [0.4, 0.5) is 5.82 Å². The minimum Gasteiger partial charge on any atom is -0.379 e. The van der Waals surface area contributed by atoms with Crippen LogP contribution in [0, 0.1) is 0 Å². The van der Waals surface area contributed by atoms with E-state index < -0.39 is 10.0 Å². The zero-order chi connectivity index (χ0) is 24.3. The van der Waals surface area contributed by atoms with E-state index in [1.54, 1.807) is 29.4 Å². The molecule has 182 valence electrons. The van der Waals surface area contributed by atoms with Crippen molar-refractivity contribution in [1.82, 2.24) is 24.4 Å². The molecule has 2 aliphatic rings. The number of nitrogens with zero attached hydrogens (tertiary/aromatic N) is 6. The second kappa shape index (κ2) is 10.1. The van der Waals surface area contributed by atoms with Crippen LogP contribution >= 0.6 is 0 Å². The van der Waals surface area contributed by atoms with E-state index in [4.69, 9.17) is 4.74 Å². The Labute approximate surface area is 204 Å². The lowest BCUT2D eigenvalue weighted by Gasteiger charge is -2.35. The van der Waals surface area contributed by atoms with E-state index in [0.29, 0.717) is 58.0 Å². The summed E-state index contributed by atoms with van der Waals surface area (Å²) in [6, 6.07) is 13.8. The summed E-state index contributed by atoms with van der Waals surface area (Å²) in [6.07, 6.45) is 3.46. The number of carbonyl (C=O) groups excluding carboxylic acids is 1. The first-order chi connectivity index (χ1) is 17.0. The van der Waals surface area contributed by atoms with Crippen molar-refractivity contribution in [2.75, 3.05) is 57.4 Å². The molecule has 35 heavy (non-hydrogen) atoms. The van der Waals surface area contributed by atoms with Crippen LogP contribution in [0.1, 0.15) is 10.4 Å². The number of ether oxygens (including phenoxy) is 1. The minimum atomic E-state index is -3.58. The highest BCUT2D eigenvalue weighted by atomic mass is 32.2. The van der Waals surface area contributed by atoms with E-state index >= 15 is 0 Å². The van der Waals surface area contributed by atoms with Gasteiger partial charge in [-0.15, -0.1) is 10.2 Å². The van der Waals surface area contributed by atoms with Gasteiger partial charge < -0.3 is 14.5 Å². The second-order valence-corrected chi connectivity index (χ2v) is 10.3. The average Bonchev–Trinajstić information content (AvgIpc) is 2.94. The summed E-state index contributed by atoms with van der Waals surface area (Å²) in [5.74, 6) is 0.653. The fourth-order valence-electron chi connectivity index (χ4n) is 4.19. The standard InChI is InChI=1S/C24H26N6O4S/c31-24(19-3-5-21(6-4-19)35(32,33)30-14-16-34-17-15-30)29-12-10-28(11-13-29)23-8-7-22(26-27-23)20-2-1-9-25-18-20/h1-9,18H,10-17H2. The van der Waals surface area contributed by atoms with Crippen LogP contribution < -0.4 is 4.90 Å². The highest BCUT2D eigenvalue weighted by Crippen LogP contribution is 2.21. The maximum atomic E-state index is 13.0. The zero-order valence-corrected chi connectivity index (χ0v) is 20.0. The summed E-state index contributed by atoms with van der Waals surface area (Å²) in [5, 5.41) is 8.67. The number of sulfonamides is 1. The van der Waals surface area contributed by atoms with Gasteiger partial charge in [0.15, 0.2) is 5.82 Å². The van der Waals surface area contributed by atoms with Crippen molar-refractivity contribution >= 4 is 21.7 Å². The van der Waals surface area contributed by atoms with Crippen molar-refractivity contribution in [2.45, 2.75) is 4.90 Å². The topological polar surface area (TPSA) is 109 Å². The SMILES string of the molecule is O=C(c1ccc(S(=O)(=O)N2CCOCC2)cc1)N1CCN(c2ccc(-c3cccnc3)nn2)CC1. The predicted molar refractivity (Wildman–Crippen MR) is 129 cm³/mol. The number of aromatic nitrogens is 3. The van der Waals surface area contributed by atoms with Gasteiger partial charge in [-0.05, 0) is 48.5 Å². The van der Waals surface area contributed by atoms with Crippen molar-refractivity contribution in [3.8, 4) is 11.3 Å². The Hall–Kier alpha value is -3.41. The highest BCUT2D eigenvalue weighted by Gasteiger charge is 2.27. The Bertz CT molecular complexity index is 1260. The fraction of sp³-hybridized carbons (Fsp3) is 0.333. The minimum absolute atomic E-state index is 0.113. The highest BCUT2D eigenvalue weighted by molar-refractivity contribution is 7.89. The molecule has 0 bridgehead atoms. The Morgan fingerprint density at radius 3 is 2.23 bits per heavy atom. The van der Waals surface area contributed by atoms with Crippen molar-refractivity contribution < 1.29 is 17.9 Å². The molecule has 0 saturated carbocycles. The van der Waals surface area contributed by atoms with Crippen molar-refractivity contribution in [3.05, 3.63) is 66.5 Å². The molecule has 5 rings (SSSR count). The lowest BCUT2D eigenvalue weighted by atomic mass is 10.2. The summed E-state index contributed by atoms with van der Waals surface area (Å²) in [5.41, 5.74) is 2.14. The number of morpholine rings is 1. The number of hydrogen-bond acceptors (Lipinski definition) is 8. The number of hydrogen-bond donors (Lipinski definition) is 0. The van der Waals surface area contributed by atoms with Gasteiger partial charge in [0.05, 0.1) is 23.8 Å². The lowest BCUT2D eigenvalue weighted by Crippen LogP contribution is -2.49. The monoisotopic (exact) mass is 494 g/mol. The predicted octanol–water partition coefficient (Wildman–Crippen LogP) is 1.52. The average molecular weight is 495 g/mol. The number of amides is 1. The normalized spacial score (nSPS) is 17.4. The van der Waals surface area contributed by atoms with Gasteiger partial charge in [0.25, 0.3) is 5.91 Å². The van der Waals surface area contributed by atoms with Gasteiger partial charge in [0, 0.05) is 62.8 Å². The molecule has 2 aliphatic heterocycles. The molecule has 4 heterocycles. The third kappa shape index (κ3) is 5.02. The first-order valence-electron chi connectivity index (χ1n) is 11.5. The van der Waals surface area contributed by atoms with Gasteiger partial charge in [-0.3, -0.25) is 9.78 Å². The molecule has 0 aliphatic carbocycles. The van der Waals surface area contributed by atoms with Gasteiger partial charge in [0.2, 0.25) is 10.0 Å². The van der Waals surface area contributed by atoms with Gasteiger partial charge >= 0.3 is 0 Å². The smallest absolute Gasteiger partial charge is 0.253 e. The van der Waals surface area contributed by atoms with Gasteiger partial charge in [-0.1, -0.05) is 0 Å². The molecule has 0 atom stereocenters. The molecule has 10 nitrogen and oxygen atoms in total. The third-order valence-corrected chi connectivity index (χ3v) is 8.12. The molecule has 11 heteroatoms. The molecule has 2 saturated heterocycles. The van der Waals surface area contributed by atoms with Crippen LogP contribution in [0.5, 0.6) is 0 Å². The Morgan fingerprint density at radius 2 is 1.60 bits per heavy atom. The van der Waals surface area contributed by atoms with E-state index in [1.807, 2.05) is 24.3 Å². The van der Waals surface area contributed by atoms with Crippen LogP contribution in [0.25, 0.3) is 11.3 Å².